The summed E-state index contributed by atoms with van der Waals surface area (Å²) < 4.78 is 0. The van der Waals surface area contributed by atoms with Gasteiger partial charge in [-0.15, -0.1) is 0 Å². The topological polar surface area (TPSA) is 55.1 Å². The average Bonchev–Trinajstić information content (AvgIpc) is 2.77. The van der Waals surface area contributed by atoms with Gasteiger partial charge in [-0.1, -0.05) is 27.7 Å². The van der Waals surface area contributed by atoms with E-state index in [1.54, 1.807) is 0 Å². The summed E-state index contributed by atoms with van der Waals surface area (Å²) in [6, 6.07) is -0.412. The molecule has 1 fully saturated rings. The second-order valence-corrected chi connectivity index (χ2v) is 5.87. The van der Waals surface area contributed by atoms with E-state index in [1.807, 2.05) is 20.8 Å². The van der Waals surface area contributed by atoms with Crippen LogP contribution in [0.1, 0.15) is 40.5 Å². The lowest BCUT2D eigenvalue weighted by Gasteiger charge is -2.26. The molecule has 1 aliphatic rings. The molecule has 0 unspecified atom stereocenters. The van der Waals surface area contributed by atoms with Crippen LogP contribution in [0.2, 0.25) is 0 Å². The maximum absolute atomic E-state index is 11.6. The Morgan fingerprint density at radius 1 is 1.50 bits per heavy atom. The smallest absolute Gasteiger partial charge is 0.237 e. The van der Waals surface area contributed by atoms with E-state index < -0.39 is 6.04 Å². The van der Waals surface area contributed by atoms with Crippen molar-refractivity contribution in [3.8, 4) is 0 Å². The Hall–Kier alpha value is -0.570. The molecule has 0 aromatic carbocycles. The minimum Gasteiger partial charge on any atom is -0.354 e. The molecule has 0 aromatic heterocycles. The van der Waals surface area contributed by atoms with Crippen molar-refractivity contribution in [1.29, 1.82) is 0 Å². The van der Waals surface area contributed by atoms with Crippen LogP contribution in [-0.4, -0.2) is 18.5 Å². The van der Waals surface area contributed by atoms with E-state index in [0.717, 1.165) is 6.54 Å². The molecule has 0 spiro atoms. The van der Waals surface area contributed by atoms with E-state index in [4.69, 9.17) is 5.73 Å². The SMILES string of the molecule is CC1(CNC(=O)[C@H](N)C(C)(C)C)CC1. The van der Waals surface area contributed by atoms with Crippen LogP contribution in [0.25, 0.3) is 0 Å². The van der Waals surface area contributed by atoms with E-state index >= 15 is 0 Å². The van der Waals surface area contributed by atoms with Crippen molar-refractivity contribution < 1.29 is 4.79 Å². The van der Waals surface area contributed by atoms with E-state index in [2.05, 4.69) is 12.2 Å². The third-order valence-electron chi connectivity index (χ3n) is 3.01. The molecule has 0 aliphatic heterocycles. The van der Waals surface area contributed by atoms with Gasteiger partial charge in [-0.3, -0.25) is 4.79 Å². The number of amides is 1. The molecule has 1 aliphatic carbocycles. The van der Waals surface area contributed by atoms with Gasteiger partial charge in [-0.2, -0.15) is 0 Å². The predicted molar refractivity (Wildman–Crippen MR) is 57.8 cm³/mol. The van der Waals surface area contributed by atoms with E-state index in [0.29, 0.717) is 5.41 Å². The van der Waals surface area contributed by atoms with Gasteiger partial charge in [0.05, 0.1) is 6.04 Å². The Morgan fingerprint density at radius 2 is 2.00 bits per heavy atom. The second kappa shape index (κ2) is 3.54. The second-order valence-electron chi connectivity index (χ2n) is 5.87. The van der Waals surface area contributed by atoms with E-state index in [-0.39, 0.29) is 11.3 Å². The van der Waals surface area contributed by atoms with Crippen molar-refractivity contribution in [1.82, 2.24) is 5.32 Å². The molecule has 0 aromatic rings. The van der Waals surface area contributed by atoms with E-state index in [9.17, 15) is 4.79 Å². The fourth-order valence-electron chi connectivity index (χ4n) is 1.19. The Bertz CT molecular complexity index is 226. The van der Waals surface area contributed by atoms with Gasteiger partial charge in [0.1, 0.15) is 0 Å². The monoisotopic (exact) mass is 198 g/mol. The van der Waals surface area contributed by atoms with Gasteiger partial charge in [0.15, 0.2) is 0 Å². The van der Waals surface area contributed by atoms with Gasteiger partial charge in [0, 0.05) is 6.54 Å². The molecule has 1 saturated carbocycles. The predicted octanol–water partition coefficient (Wildman–Crippen LogP) is 1.28. The fourth-order valence-corrected chi connectivity index (χ4v) is 1.19. The third kappa shape index (κ3) is 2.98. The maximum atomic E-state index is 11.6. The quantitative estimate of drug-likeness (QED) is 0.717. The zero-order valence-electron chi connectivity index (χ0n) is 9.68. The summed E-state index contributed by atoms with van der Waals surface area (Å²) in [7, 11) is 0. The standard InChI is InChI=1S/C11H22N2O/c1-10(2,3)8(12)9(14)13-7-11(4)5-6-11/h8H,5-7,12H2,1-4H3,(H,13,14)/t8-/m0/s1. The molecule has 1 rings (SSSR count). The molecule has 0 bridgehead atoms. The largest absolute Gasteiger partial charge is 0.354 e. The van der Waals surface area contributed by atoms with Crippen LogP contribution in [0.4, 0.5) is 0 Å². The molecule has 82 valence electrons. The molecule has 1 amide bonds. The highest BCUT2D eigenvalue weighted by Gasteiger charge is 2.38. The average molecular weight is 198 g/mol. The Balaban J connectivity index is 2.34. The molecule has 0 radical (unpaired) electrons. The number of nitrogens with one attached hydrogen (secondary N) is 1. The van der Waals surface area contributed by atoms with Gasteiger partial charge in [-0.05, 0) is 23.7 Å². The van der Waals surface area contributed by atoms with Crippen LogP contribution >= 0.6 is 0 Å². The van der Waals surface area contributed by atoms with Crippen molar-refractivity contribution in [2.24, 2.45) is 16.6 Å². The molecule has 3 N–H and O–H groups in total. The normalized spacial score (nSPS) is 21.5. The first kappa shape index (κ1) is 11.5. The molecular formula is C11H22N2O. The first-order valence-corrected chi connectivity index (χ1v) is 5.28. The summed E-state index contributed by atoms with van der Waals surface area (Å²) in [6.07, 6.45) is 2.44. The molecule has 1 atom stereocenters. The van der Waals surface area contributed by atoms with Crippen molar-refractivity contribution >= 4 is 5.91 Å². The van der Waals surface area contributed by atoms with Gasteiger partial charge in [-0.25, -0.2) is 0 Å². The van der Waals surface area contributed by atoms with Gasteiger partial charge in [0.25, 0.3) is 0 Å². The Kier molecular flexibility index (Phi) is 2.91. The van der Waals surface area contributed by atoms with Crippen molar-refractivity contribution in [3.63, 3.8) is 0 Å². The summed E-state index contributed by atoms with van der Waals surface area (Å²) in [5.41, 5.74) is 6.03. The molecule has 0 saturated heterocycles. The third-order valence-corrected chi connectivity index (χ3v) is 3.01. The lowest BCUT2D eigenvalue weighted by atomic mass is 9.87. The number of nitrogens with two attached hydrogens (primary N) is 1. The number of carbonyl (C=O) groups is 1. The highest BCUT2D eigenvalue weighted by molar-refractivity contribution is 5.82. The number of rotatable bonds is 3. The Labute approximate surface area is 86.4 Å². The van der Waals surface area contributed by atoms with Gasteiger partial charge >= 0.3 is 0 Å². The molecule has 0 heterocycles. The molecular weight excluding hydrogens is 176 g/mol. The van der Waals surface area contributed by atoms with Crippen LogP contribution < -0.4 is 11.1 Å². The van der Waals surface area contributed by atoms with Crippen molar-refractivity contribution in [2.45, 2.75) is 46.6 Å². The molecule has 3 nitrogen and oxygen atoms in total. The number of hydrogen-bond donors (Lipinski definition) is 2. The molecule has 3 heteroatoms. The van der Waals surface area contributed by atoms with Crippen LogP contribution in [0.3, 0.4) is 0 Å². The summed E-state index contributed by atoms with van der Waals surface area (Å²) in [5.74, 6) is -0.0226. The first-order valence-electron chi connectivity index (χ1n) is 5.28. The minimum absolute atomic E-state index is 0.0226. The lowest BCUT2D eigenvalue weighted by molar-refractivity contribution is -0.124. The zero-order chi connectivity index (χ0) is 11.0. The van der Waals surface area contributed by atoms with Crippen LogP contribution in [0.15, 0.2) is 0 Å². The minimum atomic E-state index is -0.412. The first-order chi connectivity index (χ1) is 6.25. The van der Waals surface area contributed by atoms with Gasteiger partial charge < -0.3 is 11.1 Å². The van der Waals surface area contributed by atoms with Gasteiger partial charge in [0.2, 0.25) is 5.91 Å². The zero-order valence-corrected chi connectivity index (χ0v) is 9.68. The fraction of sp³-hybridized carbons (Fsp3) is 0.909. The summed E-state index contributed by atoms with van der Waals surface area (Å²) >= 11 is 0. The summed E-state index contributed by atoms with van der Waals surface area (Å²) in [6.45, 7) is 8.91. The van der Waals surface area contributed by atoms with Crippen LogP contribution in [0, 0.1) is 10.8 Å². The summed E-state index contributed by atoms with van der Waals surface area (Å²) in [4.78, 5) is 11.6. The maximum Gasteiger partial charge on any atom is 0.237 e. The van der Waals surface area contributed by atoms with E-state index in [1.165, 1.54) is 12.8 Å². The highest BCUT2D eigenvalue weighted by Crippen LogP contribution is 2.44. The van der Waals surface area contributed by atoms with Crippen molar-refractivity contribution in [3.05, 3.63) is 0 Å². The highest BCUT2D eigenvalue weighted by atomic mass is 16.2. The molecule has 14 heavy (non-hydrogen) atoms. The number of carbonyl (C=O) groups excluding carboxylic acids is 1. The summed E-state index contributed by atoms with van der Waals surface area (Å²) in [5, 5.41) is 2.93. The number of hydrogen-bond acceptors (Lipinski definition) is 2. The van der Waals surface area contributed by atoms with Crippen LogP contribution in [-0.2, 0) is 4.79 Å². The Morgan fingerprint density at radius 3 is 2.36 bits per heavy atom. The van der Waals surface area contributed by atoms with Crippen molar-refractivity contribution in [2.75, 3.05) is 6.54 Å². The van der Waals surface area contributed by atoms with Crippen LogP contribution in [0.5, 0.6) is 0 Å². The lowest BCUT2D eigenvalue weighted by Crippen LogP contribution is -2.49.